The molecule has 0 aromatic heterocycles. The highest BCUT2D eigenvalue weighted by Gasteiger charge is 1.98. The van der Waals surface area contributed by atoms with Crippen LogP contribution in [0.2, 0.25) is 0 Å². The van der Waals surface area contributed by atoms with Crippen molar-refractivity contribution in [3.05, 3.63) is 29.3 Å². The molecule has 0 bridgehead atoms. The zero-order valence-corrected chi connectivity index (χ0v) is 8.04. The first-order chi connectivity index (χ1) is 6.24. The third kappa shape index (κ3) is 2.90. The quantitative estimate of drug-likeness (QED) is 0.522. The number of hydrogen-bond donors (Lipinski definition) is 0. The first kappa shape index (κ1) is 9.78. The highest BCUT2D eigenvalue weighted by molar-refractivity contribution is 5.49. The summed E-state index contributed by atoms with van der Waals surface area (Å²) in [6, 6.07) is 6.01. The van der Waals surface area contributed by atoms with E-state index in [1.807, 2.05) is 26.0 Å². The molecule has 0 spiro atoms. The first-order valence-electron chi connectivity index (χ1n) is 4.37. The zero-order valence-electron chi connectivity index (χ0n) is 8.04. The molecule has 0 amide bonds. The number of aryl methyl sites for hydroxylation is 2. The summed E-state index contributed by atoms with van der Waals surface area (Å²) in [5.41, 5.74) is 2.34. The van der Waals surface area contributed by atoms with E-state index in [9.17, 15) is 4.79 Å². The number of carbonyl (C=O) groups excluding carboxylic acids is 1. The van der Waals surface area contributed by atoms with Crippen LogP contribution in [-0.4, -0.2) is 12.9 Å². The van der Waals surface area contributed by atoms with Crippen molar-refractivity contribution in [2.75, 3.05) is 6.61 Å². The number of hydrogen-bond acceptors (Lipinski definition) is 2. The van der Waals surface area contributed by atoms with Gasteiger partial charge in [0, 0.05) is 6.42 Å². The number of carbonyl (C=O) groups is 1. The highest BCUT2D eigenvalue weighted by atomic mass is 16.5. The molecular weight excluding hydrogens is 164 g/mol. The molecule has 1 aromatic rings. The van der Waals surface area contributed by atoms with E-state index in [1.165, 1.54) is 5.56 Å². The summed E-state index contributed by atoms with van der Waals surface area (Å²) < 4.78 is 5.40. The Morgan fingerprint density at radius 2 is 2.15 bits per heavy atom. The average Bonchev–Trinajstić information content (AvgIpc) is 2.09. The Morgan fingerprint density at radius 1 is 1.38 bits per heavy atom. The van der Waals surface area contributed by atoms with Gasteiger partial charge in [0.2, 0.25) is 0 Å². The van der Waals surface area contributed by atoms with Crippen molar-refractivity contribution < 1.29 is 9.53 Å². The van der Waals surface area contributed by atoms with Crippen molar-refractivity contribution >= 4 is 6.29 Å². The fraction of sp³-hybridized carbons (Fsp3) is 0.364. The van der Waals surface area contributed by atoms with E-state index in [1.54, 1.807) is 0 Å². The number of aldehydes is 1. The van der Waals surface area contributed by atoms with Gasteiger partial charge in [-0.3, -0.25) is 0 Å². The molecule has 0 saturated carbocycles. The number of rotatable bonds is 4. The van der Waals surface area contributed by atoms with Crippen molar-refractivity contribution in [2.24, 2.45) is 0 Å². The summed E-state index contributed by atoms with van der Waals surface area (Å²) in [6.45, 7) is 4.51. The molecule has 0 saturated heterocycles. The number of ether oxygens (including phenoxy) is 1. The summed E-state index contributed by atoms with van der Waals surface area (Å²) in [6.07, 6.45) is 1.32. The molecule has 0 N–H and O–H groups in total. The number of benzene rings is 1. The minimum absolute atomic E-state index is 0.452. The van der Waals surface area contributed by atoms with E-state index in [0.29, 0.717) is 13.0 Å². The Balaban J connectivity index is 2.61. The highest BCUT2D eigenvalue weighted by Crippen LogP contribution is 2.18. The normalized spacial score (nSPS) is 9.69. The van der Waals surface area contributed by atoms with Gasteiger partial charge in [0.1, 0.15) is 12.0 Å². The van der Waals surface area contributed by atoms with Crippen molar-refractivity contribution in [3.63, 3.8) is 0 Å². The van der Waals surface area contributed by atoms with Crippen LogP contribution in [-0.2, 0) is 4.79 Å². The minimum Gasteiger partial charge on any atom is -0.493 e. The lowest BCUT2D eigenvalue weighted by Crippen LogP contribution is -1.99. The van der Waals surface area contributed by atoms with Gasteiger partial charge in [0.05, 0.1) is 6.61 Å². The molecule has 2 nitrogen and oxygen atoms in total. The topological polar surface area (TPSA) is 26.3 Å². The molecule has 0 unspecified atom stereocenters. The van der Waals surface area contributed by atoms with Crippen LogP contribution >= 0.6 is 0 Å². The van der Waals surface area contributed by atoms with Crippen LogP contribution in [0.3, 0.4) is 0 Å². The van der Waals surface area contributed by atoms with Crippen molar-refractivity contribution in [1.29, 1.82) is 0 Å². The Labute approximate surface area is 78.5 Å². The second-order valence-corrected chi connectivity index (χ2v) is 3.07. The van der Waals surface area contributed by atoms with Crippen molar-refractivity contribution in [1.82, 2.24) is 0 Å². The van der Waals surface area contributed by atoms with Crippen molar-refractivity contribution in [3.8, 4) is 5.75 Å². The Kier molecular flexibility index (Phi) is 3.50. The first-order valence-corrected chi connectivity index (χ1v) is 4.37. The zero-order chi connectivity index (χ0) is 9.68. The van der Waals surface area contributed by atoms with Gasteiger partial charge in [-0.1, -0.05) is 17.7 Å². The predicted octanol–water partition coefficient (Wildman–Crippen LogP) is 2.27. The fourth-order valence-electron chi connectivity index (χ4n) is 1.18. The third-order valence-electron chi connectivity index (χ3n) is 1.82. The van der Waals surface area contributed by atoms with Crippen LogP contribution in [0.4, 0.5) is 0 Å². The SMILES string of the molecule is Cc1ccc(OCCC=O)c(C)c1. The molecule has 0 aliphatic heterocycles. The fourth-order valence-corrected chi connectivity index (χ4v) is 1.18. The lowest BCUT2D eigenvalue weighted by Gasteiger charge is -2.07. The van der Waals surface area contributed by atoms with Gasteiger partial charge in [0.15, 0.2) is 0 Å². The molecule has 0 aliphatic rings. The van der Waals surface area contributed by atoms with Crippen molar-refractivity contribution in [2.45, 2.75) is 20.3 Å². The Bertz CT molecular complexity index is 292. The van der Waals surface area contributed by atoms with E-state index in [2.05, 4.69) is 6.07 Å². The maximum absolute atomic E-state index is 10.1. The van der Waals surface area contributed by atoms with Crippen LogP contribution in [0, 0.1) is 13.8 Å². The molecule has 0 atom stereocenters. The van der Waals surface area contributed by atoms with Crippen LogP contribution in [0.15, 0.2) is 18.2 Å². The standard InChI is InChI=1S/C11H14O2/c1-9-4-5-11(10(2)8-9)13-7-3-6-12/h4-6,8H,3,7H2,1-2H3. The molecule has 0 radical (unpaired) electrons. The van der Waals surface area contributed by atoms with E-state index < -0.39 is 0 Å². The van der Waals surface area contributed by atoms with Gasteiger partial charge in [-0.15, -0.1) is 0 Å². The van der Waals surface area contributed by atoms with E-state index >= 15 is 0 Å². The maximum Gasteiger partial charge on any atom is 0.123 e. The monoisotopic (exact) mass is 178 g/mol. The Morgan fingerprint density at radius 3 is 2.77 bits per heavy atom. The van der Waals surface area contributed by atoms with Gasteiger partial charge >= 0.3 is 0 Å². The molecule has 2 heteroatoms. The molecule has 0 fully saturated rings. The summed E-state index contributed by atoms with van der Waals surface area (Å²) in [4.78, 5) is 10.1. The molecule has 70 valence electrons. The molecule has 0 aliphatic carbocycles. The Hall–Kier alpha value is -1.31. The average molecular weight is 178 g/mol. The summed E-state index contributed by atoms with van der Waals surface area (Å²) >= 11 is 0. The summed E-state index contributed by atoms with van der Waals surface area (Å²) in [5, 5.41) is 0. The molecule has 13 heavy (non-hydrogen) atoms. The van der Waals surface area contributed by atoms with E-state index in [4.69, 9.17) is 4.74 Å². The summed E-state index contributed by atoms with van der Waals surface area (Å²) in [7, 11) is 0. The van der Waals surface area contributed by atoms with Crippen LogP contribution < -0.4 is 4.74 Å². The third-order valence-corrected chi connectivity index (χ3v) is 1.82. The predicted molar refractivity (Wildman–Crippen MR) is 52.1 cm³/mol. The van der Waals surface area contributed by atoms with Gasteiger partial charge in [-0.2, -0.15) is 0 Å². The minimum atomic E-state index is 0.452. The van der Waals surface area contributed by atoms with Gasteiger partial charge in [-0.05, 0) is 25.5 Å². The van der Waals surface area contributed by atoms with Crippen LogP contribution in [0.1, 0.15) is 17.5 Å². The van der Waals surface area contributed by atoms with Gasteiger partial charge in [0.25, 0.3) is 0 Å². The second-order valence-electron chi connectivity index (χ2n) is 3.07. The maximum atomic E-state index is 10.1. The largest absolute Gasteiger partial charge is 0.493 e. The van der Waals surface area contributed by atoms with Crippen LogP contribution in [0.5, 0.6) is 5.75 Å². The smallest absolute Gasteiger partial charge is 0.123 e. The molecule has 1 rings (SSSR count). The lowest BCUT2D eigenvalue weighted by molar-refractivity contribution is -0.108. The van der Waals surface area contributed by atoms with E-state index in [-0.39, 0.29) is 0 Å². The summed E-state index contributed by atoms with van der Waals surface area (Å²) in [5.74, 6) is 0.868. The van der Waals surface area contributed by atoms with Crippen LogP contribution in [0.25, 0.3) is 0 Å². The van der Waals surface area contributed by atoms with E-state index in [0.717, 1.165) is 17.6 Å². The molecular formula is C11H14O2. The molecule has 0 heterocycles. The second kappa shape index (κ2) is 4.65. The van der Waals surface area contributed by atoms with Gasteiger partial charge < -0.3 is 9.53 Å². The van der Waals surface area contributed by atoms with Gasteiger partial charge in [-0.25, -0.2) is 0 Å². The molecule has 1 aromatic carbocycles. The lowest BCUT2D eigenvalue weighted by atomic mass is 10.1.